The normalized spacial score (nSPS) is 16.5. The number of nitrogens with zero attached hydrogens (tertiary/aromatic N) is 7. The maximum absolute atomic E-state index is 13.1. The van der Waals surface area contributed by atoms with Gasteiger partial charge in [-0.3, -0.25) is 9.88 Å². The van der Waals surface area contributed by atoms with Crippen LogP contribution in [0.5, 0.6) is 0 Å². The van der Waals surface area contributed by atoms with E-state index in [9.17, 15) is 4.39 Å². The first-order chi connectivity index (χ1) is 11.8. The summed E-state index contributed by atoms with van der Waals surface area (Å²) in [5.41, 5.74) is 9.64. The fourth-order valence-electron chi connectivity index (χ4n) is 2.81. The van der Waals surface area contributed by atoms with E-state index in [0.717, 1.165) is 37.6 Å². The third-order valence-corrected chi connectivity index (χ3v) is 4.12. The molecule has 1 aliphatic rings. The molecule has 1 aromatic heterocycles. The molecule has 1 unspecified atom stereocenters. The topological polar surface area (TPSA) is 81.0 Å². The van der Waals surface area contributed by atoms with E-state index in [1.54, 1.807) is 30.7 Å². The standard InChI is InChI=1S/C16H18FN7/c17-14-3-1-13(2-4-14)15(21-22-18)12-23-7-9-24(10-8-23)16-11-19-5-6-20-16/h1-6,11,15H,7-10,12H2. The summed E-state index contributed by atoms with van der Waals surface area (Å²) in [6, 6.07) is 5.80. The molecule has 0 bridgehead atoms. The van der Waals surface area contributed by atoms with Crippen molar-refractivity contribution in [1.82, 2.24) is 14.9 Å². The molecule has 3 rings (SSSR count). The van der Waals surface area contributed by atoms with Crippen LogP contribution in [0.1, 0.15) is 11.6 Å². The number of rotatable bonds is 5. The number of hydrogen-bond donors (Lipinski definition) is 0. The highest BCUT2D eigenvalue weighted by Crippen LogP contribution is 2.21. The molecular weight excluding hydrogens is 309 g/mol. The molecule has 1 saturated heterocycles. The molecule has 0 spiro atoms. The third-order valence-electron chi connectivity index (χ3n) is 4.12. The Hall–Kier alpha value is -2.70. The van der Waals surface area contributed by atoms with Gasteiger partial charge in [0.1, 0.15) is 11.6 Å². The second-order valence-electron chi connectivity index (χ2n) is 5.62. The molecule has 7 nitrogen and oxygen atoms in total. The lowest BCUT2D eigenvalue weighted by atomic mass is 10.1. The lowest BCUT2D eigenvalue weighted by molar-refractivity contribution is 0.242. The number of anilines is 1. The SMILES string of the molecule is [N-]=[N+]=NC(CN1CCN(c2cnccn2)CC1)c1ccc(F)cc1. The minimum absolute atomic E-state index is 0.295. The number of benzene rings is 1. The molecule has 124 valence electrons. The number of aromatic nitrogens is 2. The highest BCUT2D eigenvalue weighted by Gasteiger charge is 2.21. The average Bonchev–Trinajstić information content (AvgIpc) is 2.63. The minimum Gasteiger partial charge on any atom is -0.353 e. The molecule has 0 radical (unpaired) electrons. The summed E-state index contributed by atoms with van der Waals surface area (Å²) >= 11 is 0. The molecule has 8 heteroatoms. The first-order valence-electron chi connectivity index (χ1n) is 7.79. The van der Waals surface area contributed by atoms with Gasteiger partial charge in [-0.2, -0.15) is 0 Å². The Kier molecular flexibility index (Phi) is 5.20. The van der Waals surface area contributed by atoms with Gasteiger partial charge in [0.25, 0.3) is 0 Å². The van der Waals surface area contributed by atoms with Gasteiger partial charge >= 0.3 is 0 Å². The van der Waals surface area contributed by atoms with Gasteiger partial charge in [0.2, 0.25) is 0 Å². The second-order valence-corrected chi connectivity index (χ2v) is 5.62. The quantitative estimate of drug-likeness (QED) is 0.480. The summed E-state index contributed by atoms with van der Waals surface area (Å²) in [7, 11) is 0. The van der Waals surface area contributed by atoms with Crippen molar-refractivity contribution >= 4 is 5.82 Å². The Morgan fingerprint density at radius 1 is 1.17 bits per heavy atom. The Balaban J connectivity index is 1.61. The van der Waals surface area contributed by atoms with E-state index in [4.69, 9.17) is 5.53 Å². The molecule has 0 amide bonds. The molecule has 1 aromatic carbocycles. The van der Waals surface area contributed by atoms with Crippen LogP contribution in [0.15, 0.2) is 48.0 Å². The van der Waals surface area contributed by atoms with Crippen molar-refractivity contribution in [2.45, 2.75) is 6.04 Å². The second kappa shape index (κ2) is 7.72. The van der Waals surface area contributed by atoms with E-state index >= 15 is 0 Å². The van der Waals surface area contributed by atoms with Crippen molar-refractivity contribution in [2.75, 3.05) is 37.6 Å². The monoisotopic (exact) mass is 327 g/mol. The van der Waals surface area contributed by atoms with Gasteiger partial charge in [-0.15, -0.1) is 0 Å². The maximum Gasteiger partial charge on any atom is 0.147 e. The fraction of sp³-hybridized carbons (Fsp3) is 0.375. The highest BCUT2D eigenvalue weighted by molar-refractivity contribution is 5.35. The first-order valence-corrected chi connectivity index (χ1v) is 7.79. The zero-order chi connectivity index (χ0) is 16.8. The summed E-state index contributed by atoms with van der Waals surface area (Å²) in [5, 5.41) is 3.88. The van der Waals surface area contributed by atoms with E-state index < -0.39 is 0 Å². The first kappa shape index (κ1) is 16.2. The predicted octanol–water partition coefficient (Wildman–Crippen LogP) is 2.79. The van der Waals surface area contributed by atoms with Crippen molar-refractivity contribution < 1.29 is 4.39 Å². The molecule has 1 fully saturated rings. The number of azide groups is 1. The van der Waals surface area contributed by atoms with Gasteiger partial charge in [-0.1, -0.05) is 17.2 Å². The minimum atomic E-state index is -0.321. The van der Waals surface area contributed by atoms with Crippen LogP contribution >= 0.6 is 0 Å². The zero-order valence-electron chi connectivity index (χ0n) is 13.2. The molecule has 0 N–H and O–H groups in total. The third kappa shape index (κ3) is 3.98. The number of hydrogen-bond acceptors (Lipinski definition) is 5. The van der Waals surface area contributed by atoms with E-state index in [1.807, 2.05) is 0 Å². The Morgan fingerprint density at radius 3 is 2.54 bits per heavy atom. The molecule has 0 saturated carbocycles. The van der Waals surface area contributed by atoms with Crippen molar-refractivity contribution in [3.8, 4) is 0 Å². The van der Waals surface area contributed by atoms with E-state index in [2.05, 4.69) is 29.8 Å². The molecule has 1 aliphatic heterocycles. The molecule has 0 aliphatic carbocycles. The van der Waals surface area contributed by atoms with Crippen LogP contribution in [0.3, 0.4) is 0 Å². The van der Waals surface area contributed by atoms with Crippen molar-refractivity contribution in [3.63, 3.8) is 0 Å². The maximum atomic E-state index is 13.1. The predicted molar refractivity (Wildman–Crippen MR) is 89.0 cm³/mol. The number of piperazine rings is 1. The average molecular weight is 327 g/mol. The lowest BCUT2D eigenvalue weighted by Crippen LogP contribution is -2.47. The smallest absolute Gasteiger partial charge is 0.147 e. The molecule has 1 atom stereocenters. The summed E-state index contributed by atoms with van der Waals surface area (Å²) in [6.07, 6.45) is 5.11. The van der Waals surface area contributed by atoms with Crippen molar-refractivity contribution in [3.05, 3.63) is 64.7 Å². The fourth-order valence-corrected chi connectivity index (χ4v) is 2.81. The molecule has 2 heterocycles. The van der Waals surface area contributed by atoms with E-state index in [0.29, 0.717) is 6.54 Å². The van der Waals surface area contributed by atoms with Gasteiger partial charge in [0.15, 0.2) is 0 Å². The molecular formula is C16H18FN7. The van der Waals surface area contributed by atoms with Crippen LogP contribution in [-0.4, -0.2) is 47.6 Å². The Labute approximate surface area is 139 Å². The largest absolute Gasteiger partial charge is 0.353 e. The van der Waals surface area contributed by atoms with Crippen LogP contribution in [0.25, 0.3) is 10.4 Å². The highest BCUT2D eigenvalue weighted by atomic mass is 19.1. The Morgan fingerprint density at radius 2 is 1.92 bits per heavy atom. The van der Waals surface area contributed by atoms with Gasteiger partial charge in [-0.05, 0) is 23.2 Å². The van der Waals surface area contributed by atoms with Crippen LogP contribution in [0.4, 0.5) is 10.2 Å². The van der Waals surface area contributed by atoms with Crippen LogP contribution in [0, 0.1) is 5.82 Å². The van der Waals surface area contributed by atoms with Crippen molar-refractivity contribution in [2.24, 2.45) is 5.11 Å². The molecule has 24 heavy (non-hydrogen) atoms. The van der Waals surface area contributed by atoms with Crippen molar-refractivity contribution in [1.29, 1.82) is 0 Å². The zero-order valence-corrected chi connectivity index (χ0v) is 13.2. The van der Waals surface area contributed by atoms with Crippen LogP contribution in [-0.2, 0) is 0 Å². The summed E-state index contributed by atoms with van der Waals surface area (Å²) in [6.45, 7) is 3.98. The van der Waals surface area contributed by atoms with Gasteiger partial charge in [0, 0.05) is 50.0 Å². The summed E-state index contributed by atoms with van der Waals surface area (Å²) in [4.78, 5) is 15.8. The number of halogens is 1. The summed E-state index contributed by atoms with van der Waals surface area (Å²) < 4.78 is 13.1. The van der Waals surface area contributed by atoms with E-state index in [-0.39, 0.29) is 11.9 Å². The lowest BCUT2D eigenvalue weighted by Gasteiger charge is -2.36. The molecule has 2 aromatic rings. The van der Waals surface area contributed by atoms with E-state index in [1.165, 1.54) is 12.1 Å². The van der Waals surface area contributed by atoms with Gasteiger partial charge in [-0.25, -0.2) is 9.37 Å². The summed E-state index contributed by atoms with van der Waals surface area (Å²) in [5.74, 6) is 0.582. The van der Waals surface area contributed by atoms with Crippen LogP contribution < -0.4 is 4.90 Å². The van der Waals surface area contributed by atoms with Gasteiger partial charge in [0.05, 0.1) is 12.2 Å². The van der Waals surface area contributed by atoms with Crippen LogP contribution in [0.2, 0.25) is 0 Å². The van der Waals surface area contributed by atoms with Gasteiger partial charge < -0.3 is 4.90 Å². The Bertz CT molecular complexity index is 692.